The maximum atomic E-state index is 13.5. The minimum Gasteiger partial charge on any atom is -0.374 e. The molecule has 0 aliphatic heterocycles. The van der Waals surface area contributed by atoms with Gasteiger partial charge < -0.3 is 16.0 Å². The molecule has 0 bridgehead atoms. The van der Waals surface area contributed by atoms with Gasteiger partial charge in [-0.1, -0.05) is 0 Å². The van der Waals surface area contributed by atoms with Gasteiger partial charge in [-0.2, -0.15) is 0 Å². The molecule has 7 nitrogen and oxygen atoms in total. The largest absolute Gasteiger partial charge is 0.374 e. The van der Waals surface area contributed by atoms with Crippen molar-refractivity contribution in [2.24, 2.45) is 0 Å². The Labute approximate surface area is 114 Å². The second-order valence-electron chi connectivity index (χ2n) is 3.86. The van der Waals surface area contributed by atoms with Crippen LogP contribution in [0.4, 0.5) is 20.6 Å². The van der Waals surface area contributed by atoms with Gasteiger partial charge in [0.25, 0.3) is 0 Å². The first-order chi connectivity index (χ1) is 9.42. The second-order valence-corrected chi connectivity index (χ2v) is 3.86. The SMILES string of the molecule is CNC(=O)NC(=O)CNc1cc(NC(C)=O)ccc1F. The van der Waals surface area contributed by atoms with Crippen LogP contribution < -0.4 is 21.3 Å². The molecule has 0 atom stereocenters. The van der Waals surface area contributed by atoms with Crippen molar-refractivity contribution in [1.82, 2.24) is 10.6 Å². The second kappa shape index (κ2) is 7.07. The maximum absolute atomic E-state index is 13.5. The van der Waals surface area contributed by atoms with Gasteiger partial charge in [-0.15, -0.1) is 0 Å². The number of nitrogens with one attached hydrogen (secondary N) is 4. The van der Waals surface area contributed by atoms with Crippen molar-refractivity contribution in [3.8, 4) is 0 Å². The van der Waals surface area contributed by atoms with Crippen molar-refractivity contribution in [2.75, 3.05) is 24.2 Å². The summed E-state index contributed by atoms with van der Waals surface area (Å²) < 4.78 is 13.5. The zero-order valence-electron chi connectivity index (χ0n) is 11.0. The first-order valence-corrected chi connectivity index (χ1v) is 5.75. The van der Waals surface area contributed by atoms with Crippen LogP contribution in [0.2, 0.25) is 0 Å². The fraction of sp³-hybridized carbons (Fsp3) is 0.250. The van der Waals surface area contributed by atoms with Gasteiger partial charge in [-0.05, 0) is 18.2 Å². The highest BCUT2D eigenvalue weighted by atomic mass is 19.1. The number of urea groups is 1. The Morgan fingerprint density at radius 2 is 1.95 bits per heavy atom. The lowest BCUT2D eigenvalue weighted by molar-refractivity contribution is -0.118. The van der Waals surface area contributed by atoms with Crippen molar-refractivity contribution < 1.29 is 18.8 Å². The van der Waals surface area contributed by atoms with Crippen molar-refractivity contribution in [2.45, 2.75) is 6.92 Å². The maximum Gasteiger partial charge on any atom is 0.321 e. The lowest BCUT2D eigenvalue weighted by atomic mass is 10.2. The van der Waals surface area contributed by atoms with E-state index < -0.39 is 17.8 Å². The lowest BCUT2D eigenvalue weighted by Crippen LogP contribution is -2.40. The topological polar surface area (TPSA) is 99.3 Å². The highest BCUT2D eigenvalue weighted by Gasteiger charge is 2.08. The number of halogens is 1. The van der Waals surface area contributed by atoms with Crippen LogP contribution in [0.25, 0.3) is 0 Å². The average Bonchev–Trinajstić information content (AvgIpc) is 2.38. The van der Waals surface area contributed by atoms with E-state index in [-0.39, 0.29) is 18.1 Å². The smallest absolute Gasteiger partial charge is 0.321 e. The van der Waals surface area contributed by atoms with Crippen LogP contribution in [0.15, 0.2) is 18.2 Å². The molecule has 0 unspecified atom stereocenters. The molecule has 0 aliphatic carbocycles. The highest BCUT2D eigenvalue weighted by Crippen LogP contribution is 2.19. The average molecular weight is 282 g/mol. The Hall–Kier alpha value is -2.64. The minimum absolute atomic E-state index is 0.0447. The summed E-state index contributed by atoms with van der Waals surface area (Å²) in [4.78, 5) is 33.1. The predicted octanol–water partition coefficient (Wildman–Crippen LogP) is 0.652. The molecule has 0 fully saturated rings. The van der Waals surface area contributed by atoms with E-state index in [1.54, 1.807) is 0 Å². The first-order valence-electron chi connectivity index (χ1n) is 5.75. The van der Waals surface area contributed by atoms with Crippen LogP contribution in [-0.2, 0) is 9.59 Å². The molecule has 0 spiro atoms. The van der Waals surface area contributed by atoms with Gasteiger partial charge in [0.05, 0.1) is 12.2 Å². The van der Waals surface area contributed by atoms with Gasteiger partial charge in [-0.25, -0.2) is 9.18 Å². The summed E-state index contributed by atoms with van der Waals surface area (Å²) in [5.74, 6) is -1.49. The number of carbonyl (C=O) groups is 3. The molecule has 0 saturated carbocycles. The Kier molecular flexibility index (Phi) is 5.45. The quantitative estimate of drug-likeness (QED) is 0.651. The molecule has 1 aromatic rings. The Morgan fingerprint density at radius 1 is 1.25 bits per heavy atom. The Bertz CT molecular complexity index is 533. The predicted molar refractivity (Wildman–Crippen MR) is 71.8 cm³/mol. The number of imide groups is 1. The van der Waals surface area contributed by atoms with Crippen molar-refractivity contribution in [3.05, 3.63) is 24.0 Å². The molecule has 0 aliphatic rings. The molecule has 20 heavy (non-hydrogen) atoms. The van der Waals surface area contributed by atoms with Gasteiger partial charge in [0.2, 0.25) is 11.8 Å². The third kappa shape index (κ3) is 4.92. The van der Waals surface area contributed by atoms with Crippen molar-refractivity contribution >= 4 is 29.2 Å². The van der Waals surface area contributed by atoms with Crippen molar-refractivity contribution in [3.63, 3.8) is 0 Å². The fourth-order valence-electron chi connectivity index (χ4n) is 1.35. The summed E-state index contributed by atoms with van der Waals surface area (Å²) in [6.07, 6.45) is 0. The van der Waals surface area contributed by atoms with E-state index in [1.165, 1.54) is 26.1 Å². The van der Waals surface area contributed by atoms with Gasteiger partial charge in [-0.3, -0.25) is 14.9 Å². The van der Waals surface area contributed by atoms with Crippen molar-refractivity contribution in [1.29, 1.82) is 0 Å². The molecule has 4 N–H and O–H groups in total. The number of benzene rings is 1. The Balaban J connectivity index is 2.65. The molecule has 0 heterocycles. The van der Waals surface area contributed by atoms with E-state index in [0.29, 0.717) is 5.69 Å². The molecule has 0 radical (unpaired) electrons. The van der Waals surface area contributed by atoms with Crippen LogP contribution in [0.5, 0.6) is 0 Å². The van der Waals surface area contributed by atoms with Gasteiger partial charge in [0.1, 0.15) is 5.82 Å². The lowest BCUT2D eigenvalue weighted by Gasteiger charge is -2.10. The number of hydrogen-bond donors (Lipinski definition) is 4. The van der Waals surface area contributed by atoms with E-state index in [2.05, 4.69) is 16.0 Å². The van der Waals surface area contributed by atoms with Crippen LogP contribution >= 0.6 is 0 Å². The van der Waals surface area contributed by atoms with Crippen LogP contribution in [0.3, 0.4) is 0 Å². The first kappa shape index (κ1) is 15.4. The molecule has 1 aromatic carbocycles. The molecule has 0 aromatic heterocycles. The molecular weight excluding hydrogens is 267 g/mol. The van der Waals surface area contributed by atoms with Gasteiger partial charge in [0, 0.05) is 19.7 Å². The van der Waals surface area contributed by atoms with E-state index in [9.17, 15) is 18.8 Å². The number of rotatable bonds is 4. The summed E-state index contributed by atoms with van der Waals surface area (Å²) in [5.41, 5.74) is 0.441. The van der Waals surface area contributed by atoms with E-state index >= 15 is 0 Å². The molecule has 1 rings (SSSR count). The van der Waals surface area contributed by atoms with Crippen LogP contribution in [0.1, 0.15) is 6.92 Å². The highest BCUT2D eigenvalue weighted by molar-refractivity contribution is 5.96. The number of anilines is 2. The molecule has 0 saturated heterocycles. The van der Waals surface area contributed by atoms with Crippen LogP contribution in [-0.4, -0.2) is 31.4 Å². The molecule has 4 amide bonds. The molecule has 8 heteroatoms. The van der Waals surface area contributed by atoms with E-state index in [4.69, 9.17) is 0 Å². The van der Waals surface area contributed by atoms with E-state index in [0.717, 1.165) is 6.07 Å². The minimum atomic E-state index is -0.649. The summed E-state index contributed by atoms with van der Waals surface area (Å²) in [6, 6.07) is 3.25. The summed E-state index contributed by atoms with van der Waals surface area (Å²) >= 11 is 0. The summed E-state index contributed by atoms with van der Waals surface area (Å²) in [6.45, 7) is 1.04. The summed E-state index contributed by atoms with van der Waals surface area (Å²) in [5, 5.41) is 9.27. The van der Waals surface area contributed by atoms with Crippen LogP contribution in [0, 0.1) is 5.82 Å². The normalized spacial score (nSPS) is 9.55. The zero-order chi connectivity index (χ0) is 15.1. The van der Waals surface area contributed by atoms with Gasteiger partial charge >= 0.3 is 6.03 Å². The molecule has 108 valence electrons. The van der Waals surface area contributed by atoms with Gasteiger partial charge in [0.15, 0.2) is 0 Å². The number of amides is 4. The third-order valence-corrected chi connectivity index (χ3v) is 2.21. The fourth-order valence-corrected chi connectivity index (χ4v) is 1.35. The number of hydrogen-bond acceptors (Lipinski definition) is 4. The molecular formula is C12H15FN4O3. The standard InChI is InChI=1S/C12H15FN4O3/c1-7(18)16-8-3-4-9(13)10(5-8)15-6-11(19)17-12(20)14-2/h3-5,15H,6H2,1-2H3,(H,16,18)(H2,14,17,19,20). The zero-order valence-corrected chi connectivity index (χ0v) is 11.0. The Morgan fingerprint density at radius 3 is 2.55 bits per heavy atom. The van der Waals surface area contributed by atoms with E-state index in [1.807, 2.05) is 5.32 Å². The third-order valence-electron chi connectivity index (χ3n) is 2.21. The summed E-state index contributed by atoms with van der Waals surface area (Å²) in [7, 11) is 1.37. The monoisotopic (exact) mass is 282 g/mol. The number of carbonyl (C=O) groups excluding carboxylic acids is 3.